The molecule has 0 aliphatic rings. The molecule has 0 saturated carbocycles. The topological polar surface area (TPSA) is 58.2 Å². The van der Waals surface area contributed by atoms with Crippen LogP contribution in [-0.2, 0) is 4.79 Å². The Morgan fingerprint density at radius 1 is 1.04 bits per heavy atom. The molecule has 4 nitrogen and oxygen atoms in total. The second-order valence-electron chi connectivity index (χ2n) is 4.79. The predicted molar refractivity (Wildman–Crippen MR) is 92.0 cm³/mol. The molecule has 0 atom stereocenters. The zero-order valence-corrected chi connectivity index (χ0v) is 13.4. The van der Waals surface area contributed by atoms with Gasteiger partial charge in [-0.05, 0) is 42.8 Å². The fourth-order valence-corrected chi connectivity index (χ4v) is 2.05. The first-order valence-electron chi connectivity index (χ1n) is 7.22. The number of carbonyl (C=O) groups is 2. The molecule has 0 spiro atoms. The Hall–Kier alpha value is -2.59. The molecule has 0 aliphatic heterocycles. The molecule has 118 valence electrons. The number of likely N-dealkylation sites (N-methyl/N-ethyl adjacent to an activating group) is 1. The lowest BCUT2D eigenvalue weighted by Gasteiger charge is -2.10. The van der Waals surface area contributed by atoms with Crippen LogP contribution in [0.3, 0.4) is 0 Å². The molecule has 2 rings (SSSR count). The molecule has 0 aromatic heterocycles. The van der Waals surface area contributed by atoms with Crippen molar-refractivity contribution in [2.24, 2.45) is 0 Å². The number of benzene rings is 2. The van der Waals surface area contributed by atoms with Crippen LogP contribution in [0.1, 0.15) is 22.8 Å². The van der Waals surface area contributed by atoms with Crippen LogP contribution in [0.25, 0.3) is 6.08 Å². The van der Waals surface area contributed by atoms with E-state index in [9.17, 15) is 9.59 Å². The molecule has 2 aromatic rings. The third-order valence-corrected chi connectivity index (χ3v) is 3.30. The number of amides is 2. The summed E-state index contributed by atoms with van der Waals surface area (Å²) >= 11 is 5.86. The highest BCUT2D eigenvalue weighted by molar-refractivity contribution is 6.30. The van der Waals surface area contributed by atoms with Gasteiger partial charge in [0.2, 0.25) is 0 Å². The van der Waals surface area contributed by atoms with Gasteiger partial charge in [0.1, 0.15) is 5.70 Å². The van der Waals surface area contributed by atoms with Crippen molar-refractivity contribution in [1.82, 2.24) is 10.6 Å². The Balaban J connectivity index is 2.25. The SMILES string of the molecule is CCNC(=O)/C(=C/c1ccc(Cl)cc1)NC(=O)c1ccccc1. The zero-order chi connectivity index (χ0) is 16.7. The first kappa shape index (κ1) is 16.8. The minimum Gasteiger partial charge on any atom is -0.351 e. The average Bonchev–Trinajstić information content (AvgIpc) is 2.57. The van der Waals surface area contributed by atoms with Crippen LogP contribution in [0.4, 0.5) is 0 Å². The smallest absolute Gasteiger partial charge is 0.267 e. The Morgan fingerprint density at radius 3 is 2.30 bits per heavy atom. The maximum atomic E-state index is 12.3. The summed E-state index contributed by atoms with van der Waals surface area (Å²) in [7, 11) is 0. The van der Waals surface area contributed by atoms with E-state index in [4.69, 9.17) is 11.6 Å². The van der Waals surface area contributed by atoms with Crippen molar-refractivity contribution in [2.45, 2.75) is 6.92 Å². The Labute approximate surface area is 140 Å². The molecule has 2 aromatic carbocycles. The molecule has 0 heterocycles. The van der Waals surface area contributed by atoms with Crippen LogP contribution in [-0.4, -0.2) is 18.4 Å². The molecule has 0 radical (unpaired) electrons. The number of hydrogen-bond donors (Lipinski definition) is 2. The Bertz CT molecular complexity index is 710. The minimum atomic E-state index is -0.341. The largest absolute Gasteiger partial charge is 0.351 e. The molecule has 0 bridgehead atoms. The van der Waals surface area contributed by atoms with Crippen molar-refractivity contribution in [1.29, 1.82) is 0 Å². The van der Waals surface area contributed by atoms with Crippen LogP contribution in [0, 0.1) is 0 Å². The number of hydrogen-bond acceptors (Lipinski definition) is 2. The van der Waals surface area contributed by atoms with Gasteiger partial charge in [-0.2, -0.15) is 0 Å². The highest BCUT2D eigenvalue weighted by Gasteiger charge is 2.13. The first-order valence-corrected chi connectivity index (χ1v) is 7.60. The van der Waals surface area contributed by atoms with Crippen molar-refractivity contribution in [3.8, 4) is 0 Å². The normalized spacial score (nSPS) is 11.0. The molecule has 0 fully saturated rings. The number of rotatable bonds is 5. The molecule has 2 amide bonds. The summed E-state index contributed by atoms with van der Waals surface area (Å²) < 4.78 is 0. The fourth-order valence-electron chi connectivity index (χ4n) is 1.92. The Kier molecular flexibility index (Phi) is 5.94. The summed E-state index contributed by atoms with van der Waals surface area (Å²) in [5.41, 5.74) is 1.44. The highest BCUT2D eigenvalue weighted by Crippen LogP contribution is 2.12. The summed E-state index contributed by atoms with van der Waals surface area (Å²) in [6.45, 7) is 2.29. The standard InChI is InChI=1S/C18H17ClN2O2/c1-2-20-18(23)16(12-13-8-10-15(19)11-9-13)21-17(22)14-6-4-3-5-7-14/h3-12H,2H2,1H3,(H,20,23)(H,21,22)/b16-12-. The van der Waals surface area contributed by atoms with Gasteiger partial charge in [-0.15, -0.1) is 0 Å². The summed E-state index contributed by atoms with van der Waals surface area (Å²) in [5, 5.41) is 5.95. The third kappa shape index (κ3) is 4.97. The molecule has 0 aliphatic carbocycles. The average molecular weight is 329 g/mol. The van der Waals surface area contributed by atoms with Crippen molar-refractivity contribution in [3.63, 3.8) is 0 Å². The molecular formula is C18H17ClN2O2. The van der Waals surface area contributed by atoms with Gasteiger partial charge < -0.3 is 10.6 Å². The van der Waals surface area contributed by atoms with Crippen LogP contribution < -0.4 is 10.6 Å². The summed E-state index contributed by atoms with van der Waals surface area (Å²) in [5.74, 6) is -0.677. The van der Waals surface area contributed by atoms with Crippen LogP contribution >= 0.6 is 11.6 Å². The Morgan fingerprint density at radius 2 is 1.70 bits per heavy atom. The molecule has 2 N–H and O–H groups in total. The van der Waals surface area contributed by atoms with Crippen LogP contribution in [0.15, 0.2) is 60.3 Å². The van der Waals surface area contributed by atoms with E-state index >= 15 is 0 Å². The van der Waals surface area contributed by atoms with Crippen LogP contribution in [0.2, 0.25) is 5.02 Å². The van der Waals surface area contributed by atoms with Gasteiger partial charge in [0.15, 0.2) is 0 Å². The van der Waals surface area contributed by atoms with Gasteiger partial charge >= 0.3 is 0 Å². The fraction of sp³-hybridized carbons (Fsp3) is 0.111. The van der Waals surface area contributed by atoms with Gasteiger partial charge in [0.05, 0.1) is 0 Å². The van der Waals surface area contributed by atoms with Gasteiger partial charge in [-0.25, -0.2) is 0 Å². The monoisotopic (exact) mass is 328 g/mol. The van der Waals surface area contributed by atoms with E-state index in [0.717, 1.165) is 5.56 Å². The number of nitrogens with one attached hydrogen (secondary N) is 2. The van der Waals surface area contributed by atoms with Crippen molar-refractivity contribution in [2.75, 3.05) is 6.54 Å². The third-order valence-electron chi connectivity index (χ3n) is 3.05. The van der Waals surface area contributed by atoms with Crippen LogP contribution in [0.5, 0.6) is 0 Å². The van der Waals surface area contributed by atoms with E-state index in [1.54, 1.807) is 54.6 Å². The van der Waals surface area contributed by atoms with Gasteiger partial charge in [0.25, 0.3) is 11.8 Å². The van der Waals surface area contributed by atoms with E-state index < -0.39 is 0 Å². The maximum Gasteiger partial charge on any atom is 0.267 e. The van der Waals surface area contributed by atoms with Crippen molar-refractivity contribution in [3.05, 3.63) is 76.4 Å². The summed E-state index contributed by atoms with van der Waals surface area (Å²) in [4.78, 5) is 24.4. The number of halogens is 1. The molecule has 5 heteroatoms. The van der Waals surface area contributed by atoms with Crippen molar-refractivity contribution >= 4 is 29.5 Å². The number of carbonyl (C=O) groups excluding carboxylic acids is 2. The summed E-state index contributed by atoms with van der Waals surface area (Å²) in [6.07, 6.45) is 1.61. The van der Waals surface area contributed by atoms with Crippen molar-refractivity contribution < 1.29 is 9.59 Å². The first-order chi connectivity index (χ1) is 11.1. The van der Waals surface area contributed by atoms with Gasteiger partial charge in [-0.3, -0.25) is 9.59 Å². The van der Waals surface area contributed by atoms with Gasteiger partial charge in [0, 0.05) is 17.1 Å². The van der Waals surface area contributed by atoms with E-state index in [1.807, 2.05) is 13.0 Å². The lowest BCUT2D eigenvalue weighted by molar-refractivity contribution is -0.117. The highest BCUT2D eigenvalue weighted by atomic mass is 35.5. The maximum absolute atomic E-state index is 12.3. The van der Waals surface area contributed by atoms with Gasteiger partial charge in [-0.1, -0.05) is 41.9 Å². The summed E-state index contributed by atoms with van der Waals surface area (Å²) in [6, 6.07) is 15.7. The second-order valence-corrected chi connectivity index (χ2v) is 5.23. The second kappa shape index (κ2) is 8.15. The van der Waals surface area contributed by atoms with E-state index in [-0.39, 0.29) is 17.5 Å². The van der Waals surface area contributed by atoms with E-state index in [0.29, 0.717) is 17.1 Å². The molecule has 0 saturated heterocycles. The molecular weight excluding hydrogens is 312 g/mol. The lowest BCUT2D eigenvalue weighted by atomic mass is 10.1. The lowest BCUT2D eigenvalue weighted by Crippen LogP contribution is -2.34. The molecule has 0 unspecified atom stereocenters. The molecule has 23 heavy (non-hydrogen) atoms. The van der Waals surface area contributed by atoms with E-state index in [2.05, 4.69) is 10.6 Å². The van der Waals surface area contributed by atoms with E-state index in [1.165, 1.54) is 0 Å². The minimum absolute atomic E-state index is 0.183. The quantitative estimate of drug-likeness (QED) is 0.828. The zero-order valence-electron chi connectivity index (χ0n) is 12.7. The predicted octanol–water partition coefficient (Wildman–Crippen LogP) is 3.25.